The molecule has 0 saturated carbocycles. The van der Waals surface area contributed by atoms with E-state index in [2.05, 4.69) is 5.32 Å². The highest BCUT2D eigenvalue weighted by Crippen LogP contribution is 2.21. The summed E-state index contributed by atoms with van der Waals surface area (Å²) in [7, 11) is 0. The smallest absolute Gasteiger partial charge is 0.291 e. The third-order valence-electron chi connectivity index (χ3n) is 4.54. The van der Waals surface area contributed by atoms with Crippen LogP contribution in [0.4, 0.5) is 10.1 Å². The van der Waals surface area contributed by atoms with Gasteiger partial charge in [0, 0.05) is 11.1 Å². The Morgan fingerprint density at radius 2 is 1.55 bits per heavy atom. The molecule has 0 spiro atoms. The van der Waals surface area contributed by atoms with Crippen LogP contribution in [0.3, 0.4) is 0 Å². The standard InChI is InChI=1S/C25H18FNO4/c26-18-10-12-19(13-11-18)30-16-20-14-15-23(31-20)25(29)27-22-9-5-4-8-21(22)24(28)17-6-2-1-3-7-17/h1-15H,16H2,(H,27,29). The fourth-order valence-electron chi connectivity index (χ4n) is 2.98. The van der Waals surface area contributed by atoms with E-state index in [0.29, 0.717) is 28.3 Å². The minimum absolute atomic E-state index is 0.0830. The first-order valence-corrected chi connectivity index (χ1v) is 9.57. The summed E-state index contributed by atoms with van der Waals surface area (Å²) < 4.78 is 24.0. The SMILES string of the molecule is O=C(Nc1ccccc1C(=O)c1ccccc1)c1ccc(COc2ccc(F)cc2)o1. The van der Waals surface area contributed by atoms with Crippen LogP contribution in [-0.2, 0) is 6.61 Å². The van der Waals surface area contributed by atoms with E-state index >= 15 is 0 Å². The van der Waals surface area contributed by atoms with Crippen LogP contribution in [0.5, 0.6) is 5.75 Å². The van der Waals surface area contributed by atoms with Crippen molar-refractivity contribution in [2.45, 2.75) is 6.61 Å². The van der Waals surface area contributed by atoms with Gasteiger partial charge in [-0.2, -0.15) is 0 Å². The molecular weight excluding hydrogens is 397 g/mol. The number of furan rings is 1. The van der Waals surface area contributed by atoms with Crippen molar-refractivity contribution >= 4 is 17.4 Å². The lowest BCUT2D eigenvalue weighted by Crippen LogP contribution is -2.14. The van der Waals surface area contributed by atoms with Gasteiger partial charge in [-0.1, -0.05) is 42.5 Å². The molecule has 0 aliphatic carbocycles. The normalized spacial score (nSPS) is 10.5. The Balaban J connectivity index is 1.44. The molecule has 1 amide bonds. The molecule has 0 fully saturated rings. The number of carbonyl (C=O) groups is 2. The van der Waals surface area contributed by atoms with Gasteiger partial charge in [-0.25, -0.2) is 4.39 Å². The molecule has 0 saturated heterocycles. The Hall–Kier alpha value is -4.19. The number of ether oxygens (including phenoxy) is 1. The Labute approximate surface area is 178 Å². The van der Waals surface area contributed by atoms with Crippen LogP contribution in [0.2, 0.25) is 0 Å². The van der Waals surface area contributed by atoms with Crippen molar-refractivity contribution in [1.29, 1.82) is 0 Å². The number of nitrogens with one attached hydrogen (secondary N) is 1. The second kappa shape index (κ2) is 9.09. The van der Waals surface area contributed by atoms with Gasteiger partial charge in [-0.15, -0.1) is 0 Å². The van der Waals surface area contributed by atoms with Gasteiger partial charge in [0.1, 0.15) is 23.9 Å². The lowest BCUT2D eigenvalue weighted by molar-refractivity contribution is 0.0992. The number of ketones is 1. The molecule has 6 heteroatoms. The van der Waals surface area contributed by atoms with Crippen LogP contribution in [0.15, 0.2) is 95.4 Å². The van der Waals surface area contributed by atoms with Gasteiger partial charge in [0.2, 0.25) is 0 Å². The van der Waals surface area contributed by atoms with Crippen molar-refractivity contribution < 1.29 is 23.1 Å². The molecule has 0 aliphatic heterocycles. The van der Waals surface area contributed by atoms with E-state index in [9.17, 15) is 14.0 Å². The Morgan fingerprint density at radius 1 is 0.839 bits per heavy atom. The van der Waals surface area contributed by atoms with Gasteiger partial charge >= 0.3 is 0 Å². The Kier molecular flexibility index (Phi) is 5.89. The first-order chi connectivity index (χ1) is 15.1. The second-order valence-corrected chi connectivity index (χ2v) is 6.70. The highest BCUT2D eigenvalue weighted by molar-refractivity contribution is 6.15. The Bertz CT molecular complexity index is 1200. The molecule has 31 heavy (non-hydrogen) atoms. The van der Waals surface area contributed by atoms with Gasteiger partial charge in [0.15, 0.2) is 11.5 Å². The molecule has 4 aromatic rings. The molecule has 4 rings (SSSR count). The predicted octanol–water partition coefficient (Wildman–Crippen LogP) is 5.48. The quantitative estimate of drug-likeness (QED) is 0.406. The summed E-state index contributed by atoms with van der Waals surface area (Å²) in [6.07, 6.45) is 0. The zero-order valence-electron chi connectivity index (χ0n) is 16.4. The van der Waals surface area contributed by atoms with E-state index in [1.807, 2.05) is 6.07 Å². The minimum Gasteiger partial charge on any atom is -0.486 e. The molecule has 0 aliphatic rings. The molecule has 1 heterocycles. The third-order valence-corrected chi connectivity index (χ3v) is 4.54. The molecular formula is C25H18FNO4. The first kappa shape index (κ1) is 20.1. The van der Waals surface area contributed by atoms with Crippen LogP contribution in [0, 0.1) is 5.82 Å². The fourth-order valence-corrected chi connectivity index (χ4v) is 2.98. The van der Waals surface area contributed by atoms with Gasteiger partial charge < -0.3 is 14.5 Å². The maximum Gasteiger partial charge on any atom is 0.291 e. The number of hydrogen-bond donors (Lipinski definition) is 1. The maximum absolute atomic E-state index is 13.0. The van der Waals surface area contributed by atoms with Crippen molar-refractivity contribution in [2.24, 2.45) is 0 Å². The largest absolute Gasteiger partial charge is 0.486 e. The molecule has 0 unspecified atom stereocenters. The summed E-state index contributed by atoms with van der Waals surface area (Å²) in [5.74, 6) is -0.0269. The van der Waals surface area contributed by atoms with Crippen LogP contribution < -0.4 is 10.1 Å². The number of amides is 1. The summed E-state index contributed by atoms with van der Waals surface area (Å²) >= 11 is 0. The number of hydrogen-bond acceptors (Lipinski definition) is 4. The minimum atomic E-state index is -0.485. The highest BCUT2D eigenvalue weighted by atomic mass is 19.1. The molecule has 1 N–H and O–H groups in total. The van der Waals surface area contributed by atoms with Crippen molar-refractivity contribution in [3.8, 4) is 5.75 Å². The highest BCUT2D eigenvalue weighted by Gasteiger charge is 2.17. The van der Waals surface area contributed by atoms with E-state index < -0.39 is 5.91 Å². The summed E-state index contributed by atoms with van der Waals surface area (Å²) in [6.45, 7) is 0.0853. The molecule has 0 radical (unpaired) electrons. The van der Waals surface area contributed by atoms with Gasteiger partial charge in [0.25, 0.3) is 5.91 Å². The average Bonchev–Trinajstić information content (AvgIpc) is 3.28. The zero-order valence-corrected chi connectivity index (χ0v) is 16.4. The molecule has 5 nitrogen and oxygen atoms in total. The van der Waals surface area contributed by atoms with E-state index in [0.717, 1.165) is 0 Å². The van der Waals surface area contributed by atoms with Crippen LogP contribution in [0.1, 0.15) is 32.2 Å². The van der Waals surface area contributed by atoms with E-state index in [4.69, 9.17) is 9.15 Å². The number of anilines is 1. The number of carbonyl (C=O) groups excluding carboxylic acids is 2. The third kappa shape index (κ3) is 4.87. The van der Waals surface area contributed by atoms with Crippen LogP contribution in [0.25, 0.3) is 0 Å². The van der Waals surface area contributed by atoms with Crippen molar-refractivity contribution in [3.63, 3.8) is 0 Å². The number of para-hydroxylation sites is 1. The van der Waals surface area contributed by atoms with Gasteiger partial charge in [0.05, 0.1) is 5.69 Å². The predicted molar refractivity (Wildman–Crippen MR) is 114 cm³/mol. The van der Waals surface area contributed by atoms with E-state index in [1.165, 1.54) is 30.3 Å². The number of halogens is 1. The van der Waals surface area contributed by atoms with E-state index in [1.54, 1.807) is 54.6 Å². The molecule has 0 atom stereocenters. The van der Waals surface area contributed by atoms with Gasteiger partial charge in [-0.3, -0.25) is 9.59 Å². The van der Waals surface area contributed by atoms with Crippen molar-refractivity contribution in [3.05, 3.63) is 119 Å². The summed E-state index contributed by atoms with van der Waals surface area (Å²) in [4.78, 5) is 25.5. The van der Waals surface area contributed by atoms with Crippen LogP contribution in [-0.4, -0.2) is 11.7 Å². The average molecular weight is 415 g/mol. The van der Waals surface area contributed by atoms with Gasteiger partial charge in [-0.05, 0) is 48.5 Å². The topological polar surface area (TPSA) is 68.5 Å². The van der Waals surface area contributed by atoms with E-state index in [-0.39, 0.29) is 24.0 Å². The maximum atomic E-state index is 13.0. The van der Waals surface area contributed by atoms with Crippen LogP contribution >= 0.6 is 0 Å². The summed E-state index contributed by atoms with van der Waals surface area (Å²) in [5.41, 5.74) is 1.30. The molecule has 1 aromatic heterocycles. The van der Waals surface area contributed by atoms with Crippen molar-refractivity contribution in [1.82, 2.24) is 0 Å². The molecule has 154 valence electrons. The summed E-state index contributed by atoms with van der Waals surface area (Å²) in [5, 5.41) is 2.73. The lowest BCUT2D eigenvalue weighted by atomic mass is 10.0. The Morgan fingerprint density at radius 3 is 2.32 bits per heavy atom. The van der Waals surface area contributed by atoms with Crippen molar-refractivity contribution in [2.75, 3.05) is 5.32 Å². The first-order valence-electron chi connectivity index (χ1n) is 9.57. The molecule has 0 bridgehead atoms. The lowest BCUT2D eigenvalue weighted by Gasteiger charge is -2.09. The number of benzene rings is 3. The molecule has 3 aromatic carbocycles. The second-order valence-electron chi connectivity index (χ2n) is 6.70. The number of rotatable bonds is 7. The zero-order chi connectivity index (χ0) is 21.6. The fraction of sp³-hybridized carbons (Fsp3) is 0.0400. The summed E-state index contributed by atoms with van der Waals surface area (Å²) in [6, 6.07) is 24.4. The monoisotopic (exact) mass is 415 g/mol.